The quantitative estimate of drug-likeness (QED) is 0.267. The summed E-state index contributed by atoms with van der Waals surface area (Å²) in [7, 11) is -4.46. The number of carbonyl (C=O) groups is 1. The molecule has 0 saturated carbocycles. The number of hydrogen-bond acceptors (Lipinski definition) is 4. The minimum absolute atomic E-state index is 0.123. The molecular formula is C15H31O6P. The van der Waals surface area contributed by atoms with Crippen molar-refractivity contribution < 1.29 is 28.4 Å². The van der Waals surface area contributed by atoms with Gasteiger partial charge in [-0.3, -0.25) is 9.32 Å². The number of rotatable bonds is 15. The fourth-order valence-electron chi connectivity index (χ4n) is 2.14. The molecule has 0 atom stereocenters. The Bertz CT molecular complexity index is 315. The van der Waals surface area contributed by atoms with Gasteiger partial charge < -0.3 is 14.5 Å². The summed E-state index contributed by atoms with van der Waals surface area (Å²) in [6.07, 6.45) is 12.4. The van der Waals surface area contributed by atoms with Gasteiger partial charge in [-0.25, -0.2) is 4.57 Å². The lowest BCUT2D eigenvalue weighted by atomic mass is 10.1. The zero-order valence-corrected chi connectivity index (χ0v) is 14.6. The lowest BCUT2D eigenvalue weighted by Crippen LogP contribution is -2.09. The first-order valence-electron chi connectivity index (χ1n) is 8.31. The third kappa shape index (κ3) is 17.6. The lowest BCUT2D eigenvalue weighted by Gasteiger charge is -2.06. The van der Waals surface area contributed by atoms with E-state index in [2.05, 4.69) is 11.4 Å². The zero-order chi connectivity index (χ0) is 16.7. The second-order valence-corrected chi connectivity index (χ2v) is 6.72. The average Bonchev–Trinajstić information content (AvgIpc) is 2.44. The molecule has 0 aromatic rings. The molecule has 0 radical (unpaired) electrons. The van der Waals surface area contributed by atoms with Gasteiger partial charge >= 0.3 is 13.8 Å². The smallest absolute Gasteiger partial charge is 0.463 e. The van der Waals surface area contributed by atoms with Crippen molar-refractivity contribution in [2.45, 2.75) is 77.6 Å². The predicted octanol–water partition coefficient (Wildman–Crippen LogP) is 3.95. The minimum Gasteiger partial charge on any atom is -0.463 e. The van der Waals surface area contributed by atoms with Gasteiger partial charge in [0.25, 0.3) is 0 Å². The van der Waals surface area contributed by atoms with Gasteiger partial charge in [0.1, 0.15) is 6.61 Å². The summed E-state index contributed by atoms with van der Waals surface area (Å²) < 4.78 is 19.4. The van der Waals surface area contributed by atoms with Crippen LogP contribution in [0.5, 0.6) is 0 Å². The summed E-state index contributed by atoms with van der Waals surface area (Å²) in [6, 6.07) is 0. The number of unbranched alkanes of at least 4 members (excludes halogenated alkanes) is 9. The van der Waals surface area contributed by atoms with E-state index in [1.54, 1.807) is 0 Å². The second kappa shape index (κ2) is 14.2. The Morgan fingerprint density at radius 3 is 1.86 bits per heavy atom. The maximum atomic E-state index is 11.3. The largest absolute Gasteiger partial charge is 0.469 e. The first-order chi connectivity index (χ1) is 10.5. The molecule has 0 bridgehead atoms. The van der Waals surface area contributed by atoms with Gasteiger partial charge in [0.15, 0.2) is 0 Å². The first kappa shape index (κ1) is 21.6. The topological polar surface area (TPSA) is 93.1 Å². The van der Waals surface area contributed by atoms with E-state index in [0.717, 1.165) is 19.3 Å². The third-order valence-corrected chi connectivity index (χ3v) is 3.86. The molecular weight excluding hydrogens is 307 g/mol. The van der Waals surface area contributed by atoms with Crippen molar-refractivity contribution in [2.24, 2.45) is 0 Å². The average molecular weight is 338 g/mol. The number of phosphoric acid groups is 1. The maximum absolute atomic E-state index is 11.3. The SMILES string of the molecule is CCCCCCCCCCCCC(=O)OCCOP(=O)(O)O. The molecule has 0 unspecified atom stereocenters. The molecule has 0 aliphatic heterocycles. The van der Waals surface area contributed by atoms with Crippen LogP contribution in [0.3, 0.4) is 0 Å². The molecule has 7 heteroatoms. The van der Waals surface area contributed by atoms with Gasteiger partial charge in [-0.05, 0) is 6.42 Å². The number of carbonyl (C=O) groups excluding carboxylic acids is 1. The van der Waals surface area contributed by atoms with E-state index in [1.807, 2.05) is 0 Å². The summed E-state index contributed by atoms with van der Waals surface area (Å²) in [4.78, 5) is 28.2. The van der Waals surface area contributed by atoms with Crippen molar-refractivity contribution in [3.05, 3.63) is 0 Å². The fraction of sp³-hybridized carbons (Fsp3) is 0.933. The Hall–Kier alpha value is -0.420. The number of hydrogen-bond donors (Lipinski definition) is 2. The van der Waals surface area contributed by atoms with Crippen LogP contribution in [0.2, 0.25) is 0 Å². The van der Waals surface area contributed by atoms with Gasteiger partial charge in [0.05, 0.1) is 6.61 Å². The normalized spacial score (nSPS) is 11.6. The van der Waals surface area contributed by atoms with E-state index in [0.29, 0.717) is 6.42 Å². The molecule has 0 aromatic heterocycles. The van der Waals surface area contributed by atoms with Gasteiger partial charge in [0.2, 0.25) is 0 Å². The summed E-state index contributed by atoms with van der Waals surface area (Å²) in [5, 5.41) is 0. The Morgan fingerprint density at radius 2 is 1.36 bits per heavy atom. The summed E-state index contributed by atoms with van der Waals surface area (Å²) in [5.41, 5.74) is 0. The number of esters is 1. The lowest BCUT2D eigenvalue weighted by molar-refractivity contribution is -0.144. The van der Waals surface area contributed by atoms with Crippen LogP contribution >= 0.6 is 7.82 Å². The molecule has 2 N–H and O–H groups in total. The first-order valence-corrected chi connectivity index (χ1v) is 9.84. The predicted molar refractivity (Wildman–Crippen MR) is 85.4 cm³/mol. The summed E-state index contributed by atoms with van der Waals surface area (Å²) in [6.45, 7) is 1.81. The highest BCUT2D eigenvalue weighted by Crippen LogP contribution is 2.35. The Balaban J connectivity index is 3.23. The molecule has 0 aliphatic carbocycles. The van der Waals surface area contributed by atoms with Crippen LogP contribution in [0, 0.1) is 0 Å². The van der Waals surface area contributed by atoms with Gasteiger partial charge in [0, 0.05) is 6.42 Å². The van der Waals surface area contributed by atoms with E-state index >= 15 is 0 Å². The fourth-order valence-corrected chi connectivity index (χ4v) is 2.45. The van der Waals surface area contributed by atoms with Crippen LogP contribution in [0.4, 0.5) is 0 Å². The van der Waals surface area contributed by atoms with E-state index in [-0.39, 0.29) is 19.2 Å². The highest BCUT2D eigenvalue weighted by Gasteiger charge is 2.13. The van der Waals surface area contributed by atoms with Crippen molar-refractivity contribution in [3.8, 4) is 0 Å². The van der Waals surface area contributed by atoms with E-state index < -0.39 is 7.82 Å². The second-order valence-electron chi connectivity index (χ2n) is 5.48. The van der Waals surface area contributed by atoms with Crippen molar-refractivity contribution >= 4 is 13.8 Å². The number of ether oxygens (including phenoxy) is 1. The van der Waals surface area contributed by atoms with E-state index in [1.165, 1.54) is 44.9 Å². The zero-order valence-electron chi connectivity index (χ0n) is 13.7. The Labute approximate surface area is 133 Å². The molecule has 0 aromatic carbocycles. The van der Waals surface area contributed by atoms with Crippen LogP contribution in [-0.2, 0) is 18.6 Å². The van der Waals surface area contributed by atoms with Crippen molar-refractivity contribution in [3.63, 3.8) is 0 Å². The van der Waals surface area contributed by atoms with Crippen LogP contribution in [0.15, 0.2) is 0 Å². The third-order valence-electron chi connectivity index (χ3n) is 3.34. The standard InChI is InChI=1S/C15H31O6P/c1-2-3-4-5-6-7-8-9-10-11-12-15(16)20-13-14-21-22(17,18)19/h2-14H2,1H3,(H2,17,18,19). The molecule has 0 fully saturated rings. The number of phosphoric ester groups is 1. The molecule has 0 saturated heterocycles. The minimum atomic E-state index is -4.46. The highest BCUT2D eigenvalue weighted by molar-refractivity contribution is 7.46. The van der Waals surface area contributed by atoms with Gasteiger partial charge in [-0.2, -0.15) is 0 Å². The summed E-state index contributed by atoms with van der Waals surface area (Å²) in [5.74, 6) is -0.339. The van der Waals surface area contributed by atoms with Crippen molar-refractivity contribution in [2.75, 3.05) is 13.2 Å². The van der Waals surface area contributed by atoms with E-state index in [4.69, 9.17) is 14.5 Å². The van der Waals surface area contributed by atoms with Crippen molar-refractivity contribution in [1.29, 1.82) is 0 Å². The Kier molecular flexibility index (Phi) is 13.9. The maximum Gasteiger partial charge on any atom is 0.469 e. The highest BCUT2D eigenvalue weighted by atomic mass is 31.2. The molecule has 22 heavy (non-hydrogen) atoms. The molecule has 0 amide bonds. The van der Waals surface area contributed by atoms with Crippen LogP contribution in [0.25, 0.3) is 0 Å². The van der Waals surface area contributed by atoms with Crippen LogP contribution in [-0.4, -0.2) is 29.0 Å². The van der Waals surface area contributed by atoms with Gasteiger partial charge in [-0.15, -0.1) is 0 Å². The molecule has 132 valence electrons. The van der Waals surface area contributed by atoms with E-state index in [9.17, 15) is 9.36 Å². The monoisotopic (exact) mass is 338 g/mol. The molecule has 0 spiro atoms. The van der Waals surface area contributed by atoms with Gasteiger partial charge in [-0.1, -0.05) is 64.7 Å². The molecule has 0 rings (SSSR count). The Morgan fingerprint density at radius 1 is 0.864 bits per heavy atom. The van der Waals surface area contributed by atoms with Crippen LogP contribution in [0.1, 0.15) is 77.6 Å². The molecule has 0 aliphatic rings. The molecule has 0 heterocycles. The summed E-state index contributed by atoms with van der Waals surface area (Å²) >= 11 is 0. The van der Waals surface area contributed by atoms with Crippen LogP contribution < -0.4 is 0 Å². The van der Waals surface area contributed by atoms with Crippen molar-refractivity contribution in [1.82, 2.24) is 0 Å². The molecule has 6 nitrogen and oxygen atoms in total.